The van der Waals surface area contributed by atoms with E-state index in [2.05, 4.69) is 9.83 Å². The molecule has 0 bridgehead atoms. The van der Waals surface area contributed by atoms with E-state index in [1.54, 1.807) is 12.4 Å². The predicted molar refractivity (Wildman–Crippen MR) is 36.2 cm³/mol. The summed E-state index contributed by atoms with van der Waals surface area (Å²) < 4.78 is 0. The van der Waals surface area contributed by atoms with E-state index in [4.69, 9.17) is 6.57 Å². The predicted octanol–water partition coefficient (Wildman–Crippen LogP) is 1.54. The van der Waals surface area contributed by atoms with Crippen LogP contribution in [0.3, 0.4) is 0 Å². The van der Waals surface area contributed by atoms with Crippen molar-refractivity contribution in [2.24, 2.45) is 0 Å². The SMILES string of the molecule is C#[N+]Cc1ccncc1. The number of pyridine rings is 1. The van der Waals surface area contributed by atoms with E-state index in [-0.39, 0.29) is 0 Å². The Hall–Kier alpha value is -1.36. The van der Waals surface area contributed by atoms with Crippen molar-refractivity contribution >= 4 is 0 Å². The van der Waals surface area contributed by atoms with Crippen LogP contribution in [0.2, 0.25) is 0 Å². The molecule has 1 rings (SSSR count). The van der Waals surface area contributed by atoms with Gasteiger partial charge >= 0.3 is 0 Å². The van der Waals surface area contributed by atoms with Crippen LogP contribution in [0.5, 0.6) is 0 Å². The Morgan fingerprint density at radius 2 is 2.11 bits per heavy atom. The molecule has 1 aromatic heterocycles. The zero-order valence-corrected chi connectivity index (χ0v) is 4.99. The van der Waals surface area contributed by atoms with E-state index in [1.165, 1.54) is 0 Å². The number of rotatable bonds is 1. The van der Waals surface area contributed by atoms with Crippen LogP contribution in [0.25, 0.3) is 4.85 Å². The lowest BCUT2D eigenvalue weighted by molar-refractivity contribution is 1.21. The second-order valence-electron chi connectivity index (χ2n) is 1.70. The van der Waals surface area contributed by atoms with Gasteiger partial charge < -0.3 is 0 Å². The maximum absolute atomic E-state index is 4.97. The minimum atomic E-state index is 0.572. The topological polar surface area (TPSA) is 17.2 Å². The monoisotopic (exact) mass is 119 g/mol. The van der Waals surface area contributed by atoms with Gasteiger partial charge in [0.05, 0.1) is 0 Å². The van der Waals surface area contributed by atoms with Crippen molar-refractivity contribution in [3.8, 4) is 6.57 Å². The Kier molecular flexibility index (Phi) is 1.81. The molecule has 0 radical (unpaired) electrons. The summed E-state index contributed by atoms with van der Waals surface area (Å²) in [5.74, 6) is 0. The fraction of sp³-hybridized carbons (Fsp3) is 0.143. The second kappa shape index (κ2) is 2.83. The third-order valence-corrected chi connectivity index (χ3v) is 1.02. The summed E-state index contributed by atoms with van der Waals surface area (Å²) in [6.07, 6.45) is 3.45. The first kappa shape index (κ1) is 5.77. The van der Waals surface area contributed by atoms with Crippen LogP contribution in [0, 0.1) is 6.57 Å². The molecule has 0 saturated carbocycles. The van der Waals surface area contributed by atoms with Crippen LogP contribution in [0.4, 0.5) is 0 Å². The molecule has 0 N–H and O–H groups in total. The molecule has 0 aliphatic rings. The Morgan fingerprint density at radius 1 is 1.44 bits per heavy atom. The van der Waals surface area contributed by atoms with Crippen LogP contribution in [0.15, 0.2) is 24.5 Å². The minimum Gasteiger partial charge on any atom is -0.265 e. The standard InChI is InChI=1S/C7H7N2/c1-8-6-7-2-4-9-5-3-7/h1-5H,6H2/q+1. The molecule has 0 fully saturated rings. The summed E-state index contributed by atoms with van der Waals surface area (Å²) in [5, 5.41) is 0. The molecule has 0 saturated heterocycles. The van der Waals surface area contributed by atoms with Gasteiger partial charge in [-0.15, -0.1) is 0 Å². The first-order chi connectivity index (χ1) is 4.43. The van der Waals surface area contributed by atoms with Gasteiger partial charge in [-0.1, -0.05) is 4.85 Å². The third kappa shape index (κ3) is 1.54. The Labute approximate surface area is 54.0 Å². The average molecular weight is 119 g/mol. The Bertz CT molecular complexity index is 210. The molecular weight excluding hydrogens is 112 g/mol. The van der Waals surface area contributed by atoms with E-state index in [0.29, 0.717) is 6.54 Å². The van der Waals surface area contributed by atoms with Gasteiger partial charge in [0.15, 0.2) is 0 Å². The highest BCUT2D eigenvalue weighted by Gasteiger charge is 1.92. The Morgan fingerprint density at radius 3 is 2.67 bits per heavy atom. The molecule has 0 unspecified atom stereocenters. The molecule has 0 aliphatic heterocycles. The van der Waals surface area contributed by atoms with Crippen molar-refractivity contribution in [3.05, 3.63) is 34.9 Å². The van der Waals surface area contributed by atoms with E-state index in [1.807, 2.05) is 12.1 Å². The van der Waals surface area contributed by atoms with Crippen LogP contribution in [-0.4, -0.2) is 4.98 Å². The summed E-state index contributed by atoms with van der Waals surface area (Å²) in [4.78, 5) is 7.32. The fourth-order valence-corrected chi connectivity index (χ4v) is 0.594. The van der Waals surface area contributed by atoms with Gasteiger partial charge in [0.2, 0.25) is 0 Å². The molecule has 9 heavy (non-hydrogen) atoms. The molecule has 1 aromatic rings. The van der Waals surface area contributed by atoms with Crippen LogP contribution >= 0.6 is 0 Å². The van der Waals surface area contributed by atoms with Crippen LogP contribution < -0.4 is 0 Å². The summed E-state index contributed by atoms with van der Waals surface area (Å²) in [6, 6.07) is 3.77. The van der Waals surface area contributed by atoms with Crippen LogP contribution in [-0.2, 0) is 6.54 Å². The van der Waals surface area contributed by atoms with Gasteiger partial charge in [-0.05, 0) is 12.1 Å². The van der Waals surface area contributed by atoms with Gasteiger partial charge in [-0.3, -0.25) is 4.98 Å². The average Bonchev–Trinajstić information content (AvgIpc) is 1.91. The smallest absolute Gasteiger partial charge is 0.265 e. The van der Waals surface area contributed by atoms with Gasteiger partial charge in [0, 0.05) is 18.0 Å². The lowest BCUT2D eigenvalue weighted by Crippen LogP contribution is -1.77. The van der Waals surface area contributed by atoms with Crippen molar-refractivity contribution in [2.45, 2.75) is 6.54 Å². The lowest BCUT2D eigenvalue weighted by atomic mass is 10.3. The molecule has 0 amide bonds. The maximum Gasteiger partial charge on any atom is 0.288 e. The molecule has 0 atom stereocenters. The van der Waals surface area contributed by atoms with Gasteiger partial charge in [0.1, 0.15) is 0 Å². The van der Waals surface area contributed by atoms with E-state index in [9.17, 15) is 0 Å². The van der Waals surface area contributed by atoms with Gasteiger partial charge in [-0.2, -0.15) is 0 Å². The summed E-state index contributed by atoms with van der Waals surface area (Å²) in [7, 11) is 0. The molecule has 0 aliphatic carbocycles. The zero-order valence-electron chi connectivity index (χ0n) is 4.99. The molecule has 1 heterocycles. The number of aromatic nitrogens is 1. The normalized spacial score (nSPS) is 8.33. The van der Waals surface area contributed by atoms with Crippen LogP contribution in [0.1, 0.15) is 5.56 Å². The van der Waals surface area contributed by atoms with Crippen molar-refractivity contribution < 1.29 is 0 Å². The second-order valence-corrected chi connectivity index (χ2v) is 1.70. The number of hydrogen-bond donors (Lipinski definition) is 0. The van der Waals surface area contributed by atoms with Crippen molar-refractivity contribution in [1.82, 2.24) is 4.98 Å². The maximum atomic E-state index is 4.97. The zero-order chi connectivity index (χ0) is 6.53. The van der Waals surface area contributed by atoms with Crippen molar-refractivity contribution in [2.75, 3.05) is 0 Å². The minimum absolute atomic E-state index is 0.572. The summed E-state index contributed by atoms with van der Waals surface area (Å²) >= 11 is 0. The van der Waals surface area contributed by atoms with E-state index < -0.39 is 0 Å². The number of nitrogens with zero attached hydrogens (tertiary/aromatic N) is 2. The summed E-state index contributed by atoms with van der Waals surface area (Å²) in [5.41, 5.74) is 1.09. The fourth-order valence-electron chi connectivity index (χ4n) is 0.594. The molecule has 0 spiro atoms. The molecule has 44 valence electrons. The first-order valence-electron chi connectivity index (χ1n) is 2.69. The first-order valence-corrected chi connectivity index (χ1v) is 2.69. The lowest BCUT2D eigenvalue weighted by Gasteiger charge is -1.82. The molecular formula is C7H7N2+. The third-order valence-electron chi connectivity index (χ3n) is 1.02. The van der Waals surface area contributed by atoms with Crippen molar-refractivity contribution in [1.29, 1.82) is 0 Å². The molecule has 2 nitrogen and oxygen atoms in total. The highest BCUT2D eigenvalue weighted by molar-refractivity contribution is 5.11. The molecule has 2 heteroatoms. The van der Waals surface area contributed by atoms with E-state index in [0.717, 1.165) is 5.56 Å². The highest BCUT2D eigenvalue weighted by Crippen LogP contribution is 1.96. The largest absolute Gasteiger partial charge is 0.288 e. The number of hydrogen-bond acceptors (Lipinski definition) is 1. The highest BCUT2D eigenvalue weighted by atomic mass is 14.6. The van der Waals surface area contributed by atoms with E-state index >= 15 is 0 Å². The molecule has 0 aromatic carbocycles. The quantitative estimate of drug-likeness (QED) is 0.548. The Balaban J connectivity index is 2.76. The van der Waals surface area contributed by atoms with Gasteiger partial charge in [0.25, 0.3) is 13.1 Å². The summed E-state index contributed by atoms with van der Waals surface area (Å²) in [6.45, 7) is 5.54. The van der Waals surface area contributed by atoms with Crippen molar-refractivity contribution in [3.63, 3.8) is 0 Å². The van der Waals surface area contributed by atoms with Gasteiger partial charge in [-0.25, -0.2) is 0 Å².